The van der Waals surface area contributed by atoms with Gasteiger partial charge < -0.3 is 25.0 Å². The van der Waals surface area contributed by atoms with Crippen LogP contribution >= 0.6 is 11.8 Å². The molecule has 1 saturated carbocycles. The van der Waals surface area contributed by atoms with Crippen LogP contribution in [0.3, 0.4) is 0 Å². The molecule has 0 radical (unpaired) electrons. The highest BCUT2D eigenvalue weighted by atomic mass is 32.2. The zero-order chi connectivity index (χ0) is 43.3. The summed E-state index contributed by atoms with van der Waals surface area (Å²) in [6.07, 6.45) is 15.0. The lowest BCUT2D eigenvalue weighted by Gasteiger charge is -2.33. The van der Waals surface area contributed by atoms with Gasteiger partial charge in [-0.15, -0.1) is 0 Å². The number of amides is 1. The number of hydrogen-bond donors (Lipinski definition) is 3. The largest absolute Gasteiger partial charge is 0.481 e. The molecular formula is C45H72N2O9S2. The quantitative estimate of drug-likeness (QED) is 0.118. The molecule has 3 N–H and O–H groups in total. The van der Waals surface area contributed by atoms with Crippen molar-refractivity contribution >= 4 is 39.4 Å². The molecule has 5 atom stereocenters. The fourth-order valence-electron chi connectivity index (χ4n) is 7.55. The number of aliphatic carboxylic acids is 2. The van der Waals surface area contributed by atoms with E-state index in [1.54, 1.807) is 39.0 Å². The zero-order valence-corrected chi connectivity index (χ0v) is 38.0. The standard InChI is InChI=1S/C33H46N2O6S.C6H12O2S.C6H14O/c1-23-9-7-8-12-28(23)30-20-25(13-16-29(30)32(36)34-31(33(37)38)17-18-42(3,39)40)21-35-26(14-15-27(35)22-41-2)19-24-10-5-4-6-11-24;1-5(6(7)8)3-4-9-2;1-4-6(2)5-7-3/h7-9,12-13,16,20,24,26-27,31H,4-6,10-11,14-15,17-19,21-22H2,1-3H3,(H,34,36)(H,37,38);5H,3-4H2,1-2H3,(H,7,8);6H,4-5H2,1-3H3. The van der Waals surface area contributed by atoms with E-state index in [2.05, 4.69) is 30.1 Å². The van der Waals surface area contributed by atoms with Gasteiger partial charge in [0.15, 0.2) is 0 Å². The summed E-state index contributed by atoms with van der Waals surface area (Å²) in [4.78, 5) is 38.2. The van der Waals surface area contributed by atoms with Gasteiger partial charge in [-0.1, -0.05) is 89.6 Å². The molecule has 2 aliphatic rings. The molecule has 1 aliphatic carbocycles. The number of carboxylic acid groups (broad SMARTS) is 2. The molecular weight excluding hydrogens is 777 g/mol. The summed E-state index contributed by atoms with van der Waals surface area (Å²) in [7, 11) is 0.124. The number of aryl methyl sites for hydroxylation is 1. The monoisotopic (exact) mass is 848 g/mol. The highest BCUT2D eigenvalue weighted by molar-refractivity contribution is 7.98. The number of rotatable bonds is 20. The van der Waals surface area contributed by atoms with Crippen molar-refractivity contribution < 1.29 is 42.5 Å². The Labute approximate surface area is 353 Å². The number of sulfone groups is 1. The first-order valence-electron chi connectivity index (χ1n) is 20.9. The number of nitrogens with zero attached hydrogens (tertiary/aromatic N) is 1. The number of hydrogen-bond acceptors (Lipinski definition) is 9. The van der Waals surface area contributed by atoms with Gasteiger partial charge >= 0.3 is 11.9 Å². The van der Waals surface area contributed by atoms with Crippen molar-refractivity contribution in [3.05, 3.63) is 59.2 Å². The minimum Gasteiger partial charge on any atom is -0.481 e. The molecule has 5 unspecified atom stereocenters. The van der Waals surface area contributed by atoms with Crippen LogP contribution in [0, 0.1) is 24.7 Å². The molecule has 4 rings (SSSR count). The Kier molecular flexibility index (Phi) is 23.8. The Hall–Kier alpha value is -2.97. The lowest BCUT2D eigenvalue weighted by atomic mass is 9.84. The molecule has 13 heteroatoms. The molecule has 1 amide bonds. The summed E-state index contributed by atoms with van der Waals surface area (Å²) in [5.41, 5.74) is 4.10. The predicted octanol–water partition coefficient (Wildman–Crippen LogP) is 8.37. The Morgan fingerprint density at radius 2 is 1.59 bits per heavy atom. The maximum absolute atomic E-state index is 13.5. The first-order chi connectivity index (χ1) is 27.5. The van der Waals surface area contributed by atoms with Crippen molar-refractivity contribution in [3.8, 4) is 11.1 Å². The molecule has 1 heterocycles. The van der Waals surface area contributed by atoms with Crippen LogP contribution in [-0.4, -0.2) is 111 Å². The second-order valence-electron chi connectivity index (χ2n) is 16.2. The Balaban J connectivity index is 0.000000608. The van der Waals surface area contributed by atoms with Crippen LogP contribution in [0.4, 0.5) is 0 Å². The van der Waals surface area contributed by atoms with E-state index in [9.17, 15) is 27.9 Å². The van der Waals surface area contributed by atoms with Gasteiger partial charge in [0.2, 0.25) is 0 Å². The Bertz CT molecular complexity index is 1650. The number of carboxylic acids is 2. The van der Waals surface area contributed by atoms with E-state index in [0.717, 1.165) is 72.1 Å². The maximum Gasteiger partial charge on any atom is 0.326 e. The average molecular weight is 849 g/mol. The van der Waals surface area contributed by atoms with E-state index in [4.69, 9.17) is 14.6 Å². The summed E-state index contributed by atoms with van der Waals surface area (Å²) in [5.74, 6) is -0.544. The number of carbonyl (C=O) groups excluding carboxylic acids is 1. The average Bonchev–Trinajstić information content (AvgIpc) is 3.55. The van der Waals surface area contributed by atoms with Crippen LogP contribution in [-0.2, 0) is 35.4 Å². The van der Waals surface area contributed by atoms with Gasteiger partial charge in [-0.05, 0) is 97.3 Å². The molecule has 58 heavy (non-hydrogen) atoms. The smallest absolute Gasteiger partial charge is 0.326 e. The van der Waals surface area contributed by atoms with Crippen LogP contribution < -0.4 is 5.32 Å². The number of likely N-dealkylation sites (tertiary alicyclic amines) is 1. The van der Waals surface area contributed by atoms with E-state index >= 15 is 0 Å². The van der Waals surface area contributed by atoms with Crippen molar-refractivity contribution in [1.29, 1.82) is 0 Å². The van der Waals surface area contributed by atoms with Crippen LogP contribution in [0.5, 0.6) is 0 Å². The molecule has 0 spiro atoms. The number of methoxy groups -OCH3 is 2. The maximum atomic E-state index is 13.5. The van der Waals surface area contributed by atoms with Gasteiger partial charge in [-0.2, -0.15) is 11.8 Å². The molecule has 2 fully saturated rings. The zero-order valence-electron chi connectivity index (χ0n) is 36.3. The van der Waals surface area contributed by atoms with E-state index in [1.807, 2.05) is 43.5 Å². The molecule has 1 aliphatic heterocycles. The molecule has 0 bridgehead atoms. The molecule has 2 aromatic rings. The summed E-state index contributed by atoms with van der Waals surface area (Å²) in [6.45, 7) is 10.4. The summed E-state index contributed by atoms with van der Waals surface area (Å²) >= 11 is 1.68. The van der Waals surface area contributed by atoms with Crippen molar-refractivity contribution in [3.63, 3.8) is 0 Å². The summed E-state index contributed by atoms with van der Waals surface area (Å²) < 4.78 is 33.8. The van der Waals surface area contributed by atoms with Crippen LogP contribution in [0.25, 0.3) is 11.1 Å². The van der Waals surface area contributed by atoms with E-state index < -0.39 is 33.7 Å². The van der Waals surface area contributed by atoms with Crippen LogP contribution in [0.15, 0.2) is 42.5 Å². The fraction of sp³-hybridized carbons (Fsp3) is 0.667. The van der Waals surface area contributed by atoms with Crippen molar-refractivity contribution in [1.82, 2.24) is 10.2 Å². The highest BCUT2D eigenvalue weighted by Crippen LogP contribution is 2.36. The number of benzene rings is 2. The normalized spacial score (nSPS) is 18.8. The van der Waals surface area contributed by atoms with E-state index in [1.165, 1.54) is 51.4 Å². The minimum atomic E-state index is -3.38. The third-order valence-corrected chi connectivity index (χ3v) is 12.9. The van der Waals surface area contributed by atoms with Gasteiger partial charge in [-0.25, -0.2) is 13.2 Å². The summed E-state index contributed by atoms with van der Waals surface area (Å²) in [6, 6.07) is 13.2. The van der Waals surface area contributed by atoms with Gasteiger partial charge in [0, 0.05) is 51.3 Å². The molecule has 328 valence electrons. The van der Waals surface area contributed by atoms with E-state index in [0.29, 0.717) is 24.3 Å². The van der Waals surface area contributed by atoms with Crippen LogP contribution in [0.2, 0.25) is 0 Å². The van der Waals surface area contributed by atoms with Gasteiger partial charge in [0.25, 0.3) is 5.91 Å². The number of ether oxygens (including phenoxy) is 2. The Morgan fingerprint density at radius 1 is 0.914 bits per heavy atom. The number of nitrogens with one attached hydrogen (secondary N) is 1. The third-order valence-electron chi connectivity index (χ3n) is 11.3. The first-order valence-corrected chi connectivity index (χ1v) is 24.4. The second kappa shape index (κ2) is 27.0. The second-order valence-corrected chi connectivity index (χ2v) is 19.5. The molecule has 11 nitrogen and oxygen atoms in total. The molecule has 0 aromatic heterocycles. The van der Waals surface area contributed by atoms with Gasteiger partial charge in [-0.3, -0.25) is 14.5 Å². The number of thioether (sulfide) groups is 1. The predicted molar refractivity (Wildman–Crippen MR) is 236 cm³/mol. The molecule has 2 aromatic carbocycles. The Morgan fingerprint density at radius 3 is 2.14 bits per heavy atom. The van der Waals surface area contributed by atoms with E-state index in [-0.39, 0.29) is 18.1 Å². The number of carbonyl (C=O) groups is 3. The first kappa shape index (κ1) is 51.2. The van der Waals surface area contributed by atoms with Crippen molar-refractivity contribution in [2.75, 3.05) is 51.5 Å². The lowest BCUT2D eigenvalue weighted by Crippen LogP contribution is -2.42. The minimum absolute atomic E-state index is 0.183. The van der Waals surface area contributed by atoms with Gasteiger partial charge in [0.05, 0.1) is 18.3 Å². The SMILES string of the molecule is CCC(C)COC.COCC1CCC(CC2CCCCC2)N1Cc1ccc(C(=O)NC(CCS(C)(=O)=O)C(=O)O)c(-c2ccccc2C)c1.CSCCC(C)C(=O)O. The lowest BCUT2D eigenvalue weighted by molar-refractivity contribution is -0.141. The topological polar surface area (TPSA) is 160 Å². The van der Waals surface area contributed by atoms with Crippen molar-refractivity contribution in [2.24, 2.45) is 17.8 Å². The van der Waals surface area contributed by atoms with Crippen LogP contribution in [0.1, 0.15) is 113 Å². The van der Waals surface area contributed by atoms with Crippen molar-refractivity contribution in [2.45, 2.75) is 123 Å². The molecule has 1 saturated heterocycles. The highest BCUT2D eigenvalue weighted by Gasteiger charge is 2.35. The fourth-order valence-corrected chi connectivity index (χ4v) is 8.80. The third kappa shape index (κ3) is 18.5. The van der Waals surface area contributed by atoms with Gasteiger partial charge in [0.1, 0.15) is 15.9 Å². The summed E-state index contributed by atoms with van der Waals surface area (Å²) in [5, 5.41) is 20.7.